The van der Waals surface area contributed by atoms with Gasteiger partial charge in [0.1, 0.15) is 0 Å². The quantitative estimate of drug-likeness (QED) is 0.767. The number of carbonyl (C=O) groups is 1. The molecule has 7 nitrogen and oxygen atoms in total. The summed E-state index contributed by atoms with van der Waals surface area (Å²) in [6.45, 7) is 6.40. The van der Waals surface area contributed by atoms with Gasteiger partial charge in [-0.3, -0.25) is 0 Å². The van der Waals surface area contributed by atoms with E-state index in [9.17, 15) is 9.90 Å². The Labute approximate surface area is 118 Å². The Morgan fingerprint density at radius 3 is 2.60 bits per heavy atom. The van der Waals surface area contributed by atoms with Crippen LogP contribution >= 0.6 is 0 Å². The molecule has 7 heteroatoms. The lowest BCUT2D eigenvalue weighted by molar-refractivity contribution is -0.0290. The Kier molecular flexibility index (Phi) is 3.99. The summed E-state index contributed by atoms with van der Waals surface area (Å²) in [4.78, 5) is 15.8. The van der Waals surface area contributed by atoms with Gasteiger partial charge in [-0.05, 0) is 19.3 Å². The van der Waals surface area contributed by atoms with Crippen molar-refractivity contribution < 1.29 is 14.4 Å². The largest absolute Gasteiger partial charge is 0.388 e. The third-order valence-electron chi connectivity index (χ3n) is 3.38. The van der Waals surface area contributed by atoms with Gasteiger partial charge < -0.3 is 20.3 Å². The molecule has 0 unspecified atom stereocenters. The molecule has 2 amide bonds. The van der Waals surface area contributed by atoms with Crippen molar-refractivity contribution in [2.24, 2.45) is 0 Å². The lowest BCUT2D eigenvalue weighted by atomic mass is 9.80. The number of carbonyl (C=O) groups excluding carboxylic acids is 1. The fraction of sp³-hybridized carbons (Fsp3) is 0.769. The summed E-state index contributed by atoms with van der Waals surface area (Å²) in [6.07, 6.45) is 2.50. The van der Waals surface area contributed by atoms with Gasteiger partial charge in [0.05, 0.1) is 12.1 Å². The molecular formula is C13H22N4O3. The number of nitrogens with one attached hydrogen (secondary N) is 2. The zero-order valence-corrected chi connectivity index (χ0v) is 12.2. The number of aliphatic hydroxyl groups is 1. The summed E-state index contributed by atoms with van der Waals surface area (Å²) in [5.41, 5.74) is -0.927. The van der Waals surface area contributed by atoms with Gasteiger partial charge in [0.15, 0.2) is 5.82 Å². The standard InChI is InChI=1S/C13H22N4O3/c1-12(2,3)10-16-9(17-20-10)7-14-11(18)15-8-13(19)5-4-6-13/h19H,4-8H2,1-3H3,(H2,14,15,18). The van der Waals surface area contributed by atoms with Gasteiger partial charge in [0.25, 0.3) is 0 Å². The summed E-state index contributed by atoms with van der Waals surface area (Å²) < 4.78 is 5.13. The van der Waals surface area contributed by atoms with Crippen LogP contribution < -0.4 is 10.6 Å². The third kappa shape index (κ3) is 3.69. The molecule has 3 N–H and O–H groups in total. The second-order valence-electron chi connectivity index (χ2n) is 6.38. The van der Waals surface area contributed by atoms with E-state index in [2.05, 4.69) is 20.8 Å². The van der Waals surface area contributed by atoms with E-state index in [1.165, 1.54) is 0 Å². The van der Waals surface area contributed by atoms with Crippen LogP contribution in [0.3, 0.4) is 0 Å². The minimum absolute atomic E-state index is 0.198. The Hall–Kier alpha value is -1.63. The lowest BCUT2D eigenvalue weighted by Crippen LogP contribution is -2.50. The van der Waals surface area contributed by atoms with Crippen LogP contribution in [0, 0.1) is 0 Å². The molecule has 0 radical (unpaired) electrons. The van der Waals surface area contributed by atoms with E-state index in [1.807, 2.05) is 20.8 Å². The van der Waals surface area contributed by atoms with Gasteiger partial charge in [0.2, 0.25) is 5.89 Å². The van der Waals surface area contributed by atoms with Crippen LogP contribution in [0.1, 0.15) is 51.7 Å². The smallest absolute Gasteiger partial charge is 0.315 e. The zero-order chi connectivity index (χ0) is 14.8. The third-order valence-corrected chi connectivity index (χ3v) is 3.38. The Morgan fingerprint density at radius 1 is 1.40 bits per heavy atom. The van der Waals surface area contributed by atoms with Crippen LogP contribution in [0.5, 0.6) is 0 Å². The highest BCUT2D eigenvalue weighted by Crippen LogP contribution is 2.30. The van der Waals surface area contributed by atoms with Gasteiger partial charge in [-0.2, -0.15) is 4.98 Å². The molecule has 1 aromatic rings. The molecule has 1 fully saturated rings. The highest BCUT2D eigenvalue weighted by molar-refractivity contribution is 5.73. The molecule has 0 spiro atoms. The second kappa shape index (κ2) is 5.40. The number of nitrogens with zero attached hydrogens (tertiary/aromatic N) is 2. The van der Waals surface area contributed by atoms with Crippen molar-refractivity contribution in [3.05, 3.63) is 11.7 Å². The van der Waals surface area contributed by atoms with Crippen molar-refractivity contribution in [3.8, 4) is 0 Å². The SMILES string of the molecule is CC(C)(C)c1nc(CNC(=O)NCC2(O)CCC2)no1. The van der Waals surface area contributed by atoms with Crippen LogP contribution in [0.2, 0.25) is 0 Å². The molecule has 1 heterocycles. The maximum Gasteiger partial charge on any atom is 0.315 e. The van der Waals surface area contributed by atoms with E-state index >= 15 is 0 Å². The maximum atomic E-state index is 11.6. The topological polar surface area (TPSA) is 100 Å². The molecule has 1 aromatic heterocycles. The maximum absolute atomic E-state index is 11.6. The summed E-state index contributed by atoms with van der Waals surface area (Å²) in [6, 6.07) is -0.340. The molecular weight excluding hydrogens is 260 g/mol. The van der Waals surface area contributed by atoms with Crippen LogP contribution in [0.4, 0.5) is 4.79 Å². The molecule has 0 atom stereocenters. The summed E-state index contributed by atoms with van der Waals surface area (Å²) in [5, 5.41) is 19.0. The first kappa shape index (κ1) is 14.8. The Morgan fingerprint density at radius 2 is 2.10 bits per heavy atom. The minimum atomic E-state index is -0.719. The van der Waals surface area contributed by atoms with E-state index in [0.29, 0.717) is 11.7 Å². The van der Waals surface area contributed by atoms with Gasteiger partial charge in [-0.25, -0.2) is 4.79 Å². The summed E-state index contributed by atoms with van der Waals surface area (Å²) >= 11 is 0. The van der Waals surface area contributed by atoms with Crippen molar-refractivity contribution in [2.45, 2.75) is 57.6 Å². The molecule has 112 valence electrons. The Balaban J connectivity index is 1.74. The summed E-state index contributed by atoms with van der Waals surface area (Å²) in [7, 11) is 0. The van der Waals surface area contributed by atoms with E-state index < -0.39 is 5.60 Å². The van der Waals surface area contributed by atoms with Gasteiger partial charge in [-0.15, -0.1) is 0 Å². The highest BCUT2D eigenvalue weighted by atomic mass is 16.5. The van der Waals surface area contributed by atoms with E-state index in [0.717, 1.165) is 19.3 Å². The molecule has 1 aliphatic carbocycles. The number of rotatable bonds is 4. The molecule has 0 bridgehead atoms. The molecule has 20 heavy (non-hydrogen) atoms. The molecule has 0 saturated heterocycles. The fourth-order valence-corrected chi connectivity index (χ4v) is 1.86. The first-order valence-corrected chi connectivity index (χ1v) is 6.86. The van der Waals surface area contributed by atoms with E-state index in [4.69, 9.17) is 4.52 Å². The Bertz CT molecular complexity index is 474. The fourth-order valence-electron chi connectivity index (χ4n) is 1.86. The van der Waals surface area contributed by atoms with Crippen molar-refractivity contribution >= 4 is 6.03 Å². The highest BCUT2D eigenvalue weighted by Gasteiger charge is 2.34. The average molecular weight is 282 g/mol. The monoisotopic (exact) mass is 282 g/mol. The molecule has 0 aromatic carbocycles. The second-order valence-corrected chi connectivity index (χ2v) is 6.38. The zero-order valence-electron chi connectivity index (χ0n) is 12.2. The van der Waals surface area contributed by atoms with Crippen molar-refractivity contribution in [2.75, 3.05) is 6.54 Å². The van der Waals surface area contributed by atoms with Crippen molar-refractivity contribution in [1.82, 2.24) is 20.8 Å². The van der Waals surface area contributed by atoms with Crippen LogP contribution in [0.25, 0.3) is 0 Å². The number of amides is 2. The normalized spacial score (nSPS) is 17.4. The first-order chi connectivity index (χ1) is 9.28. The number of urea groups is 1. The molecule has 2 rings (SSSR count). The lowest BCUT2D eigenvalue weighted by Gasteiger charge is -2.36. The predicted octanol–water partition coefficient (Wildman–Crippen LogP) is 1.08. The van der Waals surface area contributed by atoms with E-state index in [1.54, 1.807) is 0 Å². The van der Waals surface area contributed by atoms with Gasteiger partial charge >= 0.3 is 6.03 Å². The van der Waals surface area contributed by atoms with Crippen LogP contribution in [-0.2, 0) is 12.0 Å². The van der Waals surface area contributed by atoms with Crippen molar-refractivity contribution in [3.63, 3.8) is 0 Å². The average Bonchev–Trinajstić information content (AvgIpc) is 2.80. The van der Waals surface area contributed by atoms with E-state index in [-0.39, 0.29) is 24.5 Å². The van der Waals surface area contributed by atoms with Crippen LogP contribution in [-0.4, -0.2) is 33.4 Å². The molecule has 1 aliphatic rings. The van der Waals surface area contributed by atoms with Crippen molar-refractivity contribution in [1.29, 1.82) is 0 Å². The van der Waals surface area contributed by atoms with Gasteiger partial charge in [0, 0.05) is 12.0 Å². The minimum Gasteiger partial charge on any atom is -0.388 e. The van der Waals surface area contributed by atoms with Crippen LogP contribution in [0.15, 0.2) is 4.52 Å². The van der Waals surface area contributed by atoms with Gasteiger partial charge in [-0.1, -0.05) is 25.9 Å². The number of hydrogen-bond acceptors (Lipinski definition) is 5. The predicted molar refractivity (Wildman–Crippen MR) is 72.0 cm³/mol. The molecule has 0 aliphatic heterocycles. The first-order valence-electron chi connectivity index (χ1n) is 6.86. The summed E-state index contributed by atoms with van der Waals surface area (Å²) in [5.74, 6) is 0.978. The molecule has 1 saturated carbocycles. The number of aromatic nitrogens is 2. The number of hydrogen-bond donors (Lipinski definition) is 3.